The lowest BCUT2D eigenvalue weighted by molar-refractivity contribution is -0.139. The van der Waals surface area contributed by atoms with Gasteiger partial charge in [-0.15, -0.1) is 0 Å². The van der Waals surface area contributed by atoms with Crippen molar-refractivity contribution in [3.8, 4) is 0 Å². The Morgan fingerprint density at radius 3 is 2.27 bits per heavy atom. The SMILES string of the molecule is CC(C(=O)NC1CCCC1)N(Cc1cccc(Cl)c1)C(=O)CN(c1cc(Cl)ccc1Cl)S(=O)(=O)c1ccccc1. The first-order valence-corrected chi connectivity index (χ1v) is 15.5. The lowest BCUT2D eigenvalue weighted by atomic mass is 10.1. The molecule has 0 radical (unpaired) electrons. The maximum Gasteiger partial charge on any atom is 0.264 e. The normalized spacial score (nSPS) is 14.5. The first-order valence-electron chi connectivity index (χ1n) is 12.9. The first-order chi connectivity index (χ1) is 19.1. The summed E-state index contributed by atoms with van der Waals surface area (Å²) in [6.07, 6.45) is 3.85. The van der Waals surface area contributed by atoms with Gasteiger partial charge in [0.25, 0.3) is 10.0 Å². The summed E-state index contributed by atoms with van der Waals surface area (Å²) in [6, 6.07) is 18.3. The monoisotopic (exact) mass is 621 g/mol. The number of carbonyl (C=O) groups excluding carboxylic acids is 2. The fourth-order valence-corrected chi connectivity index (χ4v) is 6.81. The second-order valence-electron chi connectivity index (χ2n) is 9.74. The van der Waals surface area contributed by atoms with Crippen LogP contribution >= 0.6 is 34.8 Å². The molecule has 0 saturated heterocycles. The van der Waals surface area contributed by atoms with Crippen LogP contribution in [0.25, 0.3) is 0 Å². The van der Waals surface area contributed by atoms with E-state index in [1.165, 1.54) is 35.2 Å². The molecule has 1 aliphatic rings. The molecule has 4 rings (SSSR count). The fraction of sp³-hybridized carbons (Fsp3) is 0.310. The number of sulfonamides is 1. The molecule has 1 unspecified atom stereocenters. The fourth-order valence-electron chi connectivity index (χ4n) is 4.72. The summed E-state index contributed by atoms with van der Waals surface area (Å²) in [5.41, 5.74) is 0.747. The van der Waals surface area contributed by atoms with Gasteiger partial charge in [0.05, 0.1) is 15.6 Å². The Labute approximate surface area is 250 Å². The highest BCUT2D eigenvalue weighted by Gasteiger charge is 2.34. The summed E-state index contributed by atoms with van der Waals surface area (Å²) >= 11 is 18.8. The third-order valence-corrected chi connectivity index (χ3v) is 9.46. The van der Waals surface area contributed by atoms with Crippen LogP contribution in [0.2, 0.25) is 15.1 Å². The van der Waals surface area contributed by atoms with Crippen molar-refractivity contribution in [1.82, 2.24) is 10.2 Å². The zero-order valence-electron chi connectivity index (χ0n) is 21.9. The van der Waals surface area contributed by atoms with Gasteiger partial charge >= 0.3 is 0 Å². The third-order valence-electron chi connectivity index (χ3n) is 6.90. The number of carbonyl (C=O) groups is 2. The Kier molecular flexibility index (Phi) is 10.0. The molecular weight excluding hydrogens is 593 g/mol. The number of benzene rings is 3. The summed E-state index contributed by atoms with van der Waals surface area (Å²) in [5, 5.41) is 3.87. The van der Waals surface area contributed by atoms with E-state index in [1.54, 1.807) is 49.4 Å². The van der Waals surface area contributed by atoms with E-state index in [2.05, 4.69) is 5.32 Å². The minimum Gasteiger partial charge on any atom is -0.352 e. The van der Waals surface area contributed by atoms with Gasteiger partial charge in [-0.05, 0) is 67.8 Å². The molecule has 1 aliphatic carbocycles. The van der Waals surface area contributed by atoms with Crippen LogP contribution in [-0.2, 0) is 26.2 Å². The highest BCUT2D eigenvalue weighted by molar-refractivity contribution is 7.92. The smallest absolute Gasteiger partial charge is 0.264 e. The summed E-state index contributed by atoms with van der Waals surface area (Å²) in [6.45, 7) is 1.06. The lowest BCUT2D eigenvalue weighted by Gasteiger charge is -2.32. The van der Waals surface area contributed by atoms with Crippen LogP contribution in [0.4, 0.5) is 5.69 Å². The minimum absolute atomic E-state index is 0.0211. The quantitative estimate of drug-likeness (QED) is 0.287. The Hall–Kier alpha value is -2.78. The van der Waals surface area contributed by atoms with E-state index in [0.717, 1.165) is 30.0 Å². The molecule has 1 saturated carbocycles. The van der Waals surface area contributed by atoms with Crippen LogP contribution in [0, 0.1) is 0 Å². The van der Waals surface area contributed by atoms with E-state index >= 15 is 0 Å². The topological polar surface area (TPSA) is 86.8 Å². The number of hydrogen-bond acceptors (Lipinski definition) is 4. The second-order valence-corrected chi connectivity index (χ2v) is 12.9. The number of rotatable bonds is 10. The number of halogens is 3. The van der Waals surface area contributed by atoms with Gasteiger partial charge in [-0.1, -0.05) is 78.0 Å². The van der Waals surface area contributed by atoms with Crippen molar-refractivity contribution in [3.05, 3.63) is 93.4 Å². The molecule has 3 aromatic rings. The maximum absolute atomic E-state index is 14.0. The van der Waals surface area contributed by atoms with Crippen LogP contribution in [0.15, 0.2) is 77.7 Å². The summed E-state index contributed by atoms with van der Waals surface area (Å²) in [4.78, 5) is 28.6. The molecule has 2 amide bonds. The second kappa shape index (κ2) is 13.3. The first kappa shape index (κ1) is 30.2. The van der Waals surface area contributed by atoms with Gasteiger partial charge in [0.15, 0.2) is 0 Å². The van der Waals surface area contributed by atoms with E-state index in [1.807, 2.05) is 0 Å². The third kappa shape index (κ3) is 7.29. The van der Waals surface area contributed by atoms with Crippen LogP contribution in [-0.4, -0.2) is 43.8 Å². The molecule has 11 heteroatoms. The van der Waals surface area contributed by atoms with Gasteiger partial charge in [0.1, 0.15) is 12.6 Å². The predicted octanol–water partition coefficient (Wildman–Crippen LogP) is 6.32. The Morgan fingerprint density at radius 1 is 0.925 bits per heavy atom. The lowest BCUT2D eigenvalue weighted by Crippen LogP contribution is -2.52. The average molecular weight is 623 g/mol. The van der Waals surface area contributed by atoms with Gasteiger partial charge in [0.2, 0.25) is 11.8 Å². The van der Waals surface area contributed by atoms with E-state index in [0.29, 0.717) is 10.6 Å². The van der Waals surface area contributed by atoms with Crippen molar-refractivity contribution in [1.29, 1.82) is 0 Å². The van der Waals surface area contributed by atoms with Crippen LogP contribution in [0.1, 0.15) is 38.2 Å². The molecule has 3 aromatic carbocycles. The molecule has 0 spiro atoms. The number of hydrogen-bond donors (Lipinski definition) is 1. The predicted molar refractivity (Wildman–Crippen MR) is 159 cm³/mol. The highest BCUT2D eigenvalue weighted by atomic mass is 35.5. The van der Waals surface area contributed by atoms with E-state index in [-0.39, 0.29) is 39.1 Å². The van der Waals surface area contributed by atoms with Gasteiger partial charge < -0.3 is 10.2 Å². The Morgan fingerprint density at radius 2 is 1.60 bits per heavy atom. The highest BCUT2D eigenvalue weighted by Crippen LogP contribution is 2.33. The number of nitrogens with zero attached hydrogens (tertiary/aromatic N) is 2. The summed E-state index contributed by atoms with van der Waals surface area (Å²) in [7, 11) is -4.25. The van der Waals surface area contributed by atoms with Crippen molar-refractivity contribution >= 4 is 62.3 Å². The molecule has 0 bridgehead atoms. The molecule has 0 heterocycles. The zero-order valence-corrected chi connectivity index (χ0v) is 25.0. The van der Waals surface area contributed by atoms with Crippen molar-refractivity contribution < 1.29 is 18.0 Å². The number of amides is 2. The van der Waals surface area contributed by atoms with E-state index < -0.39 is 28.5 Å². The summed E-state index contributed by atoms with van der Waals surface area (Å²) in [5.74, 6) is -0.898. The molecule has 212 valence electrons. The standard InChI is InChI=1S/C29H30Cl3N3O4S/c1-20(29(37)33-24-10-5-6-11-24)34(18-21-8-7-9-22(30)16-21)28(36)19-35(27-17-23(31)14-15-26(27)32)40(38,39)25-12-3-2-4-13-25/h2-4,7-9,12-17,20,24H,5-6,10-11,18-19H2,1H3,(H,33,37). The molecule has 1 N–H and O–H groups in total. The Balaban J connectivity index is 1.71. The van der Waals surface area contributed by atoms with Crippen molar-refractivity contribution in [2.45, 2.75) is 56.1 Å². The van der Waals surface area contributed by atoms with Crippen LogP contribution < -0.4 is 9.62 Å². The van der Waals surface area contributed by atoms with Gasteiger partial charge in [-0.25, -0.2) is 8.42 Å². The molecule has 1 fully saturated rings. The maximum atomic E-state index is 14.0. The van der Waals surface area contributed by atoms with Gasteiger partial charge in [-0.2, -0.15) is 0 Å². The zero-order chi connectivity index (χ0) is 28.9. The molecule has 0 aromatic heterocycles. The average Bonchev–Trinajstić information content (AvgIpc) is 3.45. The number of anilines is 1. The molecule has 7 nitrogen and oxygen atoms in total. The van der Waals surface area contributed by atoms with E-state index in [9.17, 15) is 18.0 Å². The van der Waals surface area contributed by atoms with E-state index in [4.69, 9.17) is 34.8 Å². The van der Waals surface area contributed by atoms with Gasteiger partial charge in [0, 0.05) is 22.6 Å². The largest absolute Gasteiger partial charge is 0.352 e. The van der Waals surface area contributed by atoms with Crippen LogP contribution in [0.3, 0.4) is 0 Å². The molecule has 1 atom stereocenters. The van der Waals surface area contributed by atoms with Gasteiger partial charge in [-0.3, -0.25) is 13.9 Å². The number of nitrogens with one attached hydrogen (secondary N) is 1. The molecule has 0 aliphatic heterocycles. The Bertz CT molecular complexity index is 1460. The van der Waals surface area contributed by atoms with Crippen molar-refractivity contribution in [3.63, 3.8) is 0 Å². The van der Waals surface area contributed by atoms with Crippen molar-refractivity contribution in [2.24, 2.45) is 0 Å². The molecule has 40 heavy (non-hydrogen) atoms. The minimum atomic E-state index is -4.25. The van der Waals surface area contributed by atoms with Crippen molar-refractivity contribution in [2.75, 3.05) is 10.8 Å². The summed E-state index contributed by atoms with van der Waals surface area (Å²) < 4.78 is 28.6. The molecular formula is C29H30Cl3N3O4S. The van der Waals surface area contributed by atoms with Crippen LogP contribution in [0.5, 0.6) is 0 Å².